The van der Waals surface area contributed by atoms with Gasteiger partial charge in [0.25, 0.3) is 5.69 Å². The van der Waals surface area contributed by atoms with Crippen molar-refractivity contribution in [2.45, 2.75) is 6.04 Å². The minimum atomic E-state index is -0.702. The number of aromatic nitrogens is 1. The molecule has 0 amide bonds. The number of rotatable bonds is 6. The van der Waals surface area contributed by atoms with Gasteiger partial charge in [-0.1, -0.05) is 60.7 Å². The quantitative estimate of drug-likeness (QED) is 0.211. The molecule has 1 aromatic heterocycles. The molecule has 2 N–H and O–H groups in total. The third-order valence-corrected chi connectivity index (χ3v) is 4.92. The van der Waals surface area contributed by atoms with E-state index in [2.05, 4.69) is 10.2 Å². The van der Waals surface area contributed by atoms with Gasteiger partial charge < -0.3 is 0 Å². The molecule has 30 heavy (non-hydrogen) atoms. The highest BCUT2D eigenvalue weighted by molar-refractivity contribution is 5.91. The first kappa shape index (κ1) is 19.2. The summed E-state index contributed by atoms with van der Waals surface area (Å²) in [6, 6.07) is 21.9. The van der Waals surface area contributed by atoms with E-state index < -0.39 is 11.0 Å². The molecular formula is C22H17N5O3. The fourth-order valence-electron chi connectivity index (χ4n) is 3.56. The van der Waals surface area contributed by atoms with E-state index in [0.29, 0.717) is 11.1 Å². The first-order valence-corrected chi connectivity index (χ1v) is 9.15. The number of nitro benzene ring substituents is 1. The predicted molar refractivity (Wildman–Crippen MR) is 115 cm³/mol. The molecule has 148 valence electrons. The Morgan fingerprint density at radius 2 is 1.70 bits per heavy atom. The molecule has 4 aromatic rings. The van der Waals surface area contributed by atoms with Crippen LogP contribution in [0.25, 0.3) is 10.9 Å². The molecule has 0 saturated heterocycles. The van der Waals surface area contributed by atoms with Crippen molar-refractivity contribution in [3.05, 3.63) is 111 Å². The lowest BCUT2D eigenvalue weighted by atomic mass is 9.94. The maximum Gasteiger partial charge on any atom is 0.293 e. The van der Waals surface area contributed by atoms with Gasteiger partial charge in [0.05, 0.1) is 16.5 Å². The first-order valence-electron chi connectivity index (χ1n) is 9.15. The number of nitroso groups, excluding NO2 is 1. The Kier molecular flexibility index (Phi) is 5.15. The van der Waals surface area contributed by atoms with Crippen molar-refractivity contribution in [1.82, 2.24) is 4.98 Å². The van der Waals surface area contributed by atoms with E-state index in [1.165, 1.54) is 11.1 Å². The molecule has 1 heterocycles. The third kappa shape index (κ3) is 3.36. The number of pyridine rings is 1. The Hall–Kier alpha value is -4.17. The van der Waals surface area contributed by atoms with Crippen molar-refractivity contribution in [2.75, 3.05) is 5.01 Å². The van der Waals surface area contributed by atoms with Gasteiger partial charge in [-0.05, 0) is 22.9 Å². The van der Waals surface area contributed by atoms with Crippen molar-refractivity contribution >= 4 is 28.0 Å². The van der Waals surface area contributed by atoms with Crippen molar-refractivity contribution in [3.8, 4) is 0 Å². The molecular weight excluding hydrogens is 382 g/mol. The molecule has 3 aromatic carbocycles. The van der Waals surface area contributed by atoms with Crippen LogP contribution in [0.3, 0.4) is 0 Å². The highest BCUT2D eigenvalue weighted by Crippen LogP contribution is 2.41. The molecule has 0 aliphatic rings. The maximum absolute atomic E-state index is 11.9. The lowest BCUT2D eigenvalue weighted by Gasteiger charge is -2.30. The van der Waals surface area contributed by atoms with Crippen LogP contribution in [0.5, 0.6) is 0 Å². The van der Waals surface area contributed by atoms with Gasteiger partial charge in [-0.2, -0.15) is 0 Å². The van der Waals surface area contributed by atoms with E-state index in [-0.39, 0.29) is 17.1 Å². The fraction of sp³-hybridized carbons (Fsp3) is 0.0455. The summed E-state index contributed by atoms with van der Waals surface area (Å²) >= 11 is 0. The van der Waals surface area contributed by atoms with Crippen molar-refractivity contribution in [1.29, 1.82) is 0 Å². The molecule has 0 aliphatic carbocycles. The predicted octanol–water partition coefficient (Wildman–Crippen LogP) is 5.01. The number of nitrogens with two attached hydrogens (primary N) is 1. The molecule has 0 aliphatic heterocycles. The topological polar surface area (TPSA) is 115 Å². The number of hydrogen-bond acceptors (Lipinski definition) is 7. The van der Waals surface area contributed by atoms with Gasteiger partial charge in [0, 0.05) is 23.2 Å². The number of anilines is 1. The summed E-state index contributed by atoms with van der Waals surface area (Å²) < 4.78 is 0. The molecule has 0 saturated carbocycles. The Morgan fingerprint density at radius 3 is 2.43 bits per heavy atom. The monoisotopic (exact) mass is 399 g/mol. The van der Waals surface area contributed by atoms with Crippen LogP contribution >= 0.6 is 0 Å². The fourth-order valence-corrected chi connectivity index (χ4v) is 3.56. The van der Waals surface area contributed by atoms with Crippen LogP contribution in [0.4, 0.5) is 17.1 Å². The van der Waals surface area contributed by atoms with Crippen molar-refractivity contribution < 1.29 is 4.92 Å². The molecule has 0 bridgehead atoms. The molecule has 1 atom stereocenters. The van der Waals surface area contributed by atoms with Crippen LogP contribution in [0.2, 0.25) is 0 Å². The van der Waals surface area contributed by atoms with Crippen LogP contribution in [-0.4, -0.2) is 9.91 Å². The van der Waals surface area contributed by atoms with E-state index >= 15 is 0 Å². The van der Waals surface area contributed by atoms with Gasteiger partial charge >= 0.3 is 0 Å². The second-order valence-corrected chi connectivity index (χ2v) is 6.64. The summed E-state index contributed by atoms with van der Waals surface area (Å²) in [5.41, 5.74) is 1.93. The summed E-state index contributed by atoms with van der Waals surface area (Å²) in [4.78, 5) is 27.2. The van der Waals surface area contributed by atoms with Gasteiger partial charge in [0.15, 0.2) is 0 Å². The highest BCUT2D eigenvalue weighted by Gasteiger charge is 2.29. The van der Waals surface area contributed by atoms with E-state index in [1.54, 1.807) is 36.5 Å². The lowest BCUT2D eigenvalue weighted by Crippen LogP contribution is -2.36. The Morgan fingerprint density at radius 1 is 0.967 bits per heavy atom. The first-order chi connectivity index (χ1) is 14.6. The summed E-state index contributed by atoms with van der Waals surface area (Å²) in [6.45, 7) is 0. The van der Waals surface area contributed by atoms with E-state index in [4.69, 9.17) is 5.84 Å². The van der Waals surface area contributed by atoms with Crippen LogP contribution in [0.15, 0.2) is 90.2 Å². The second-order valence-electron chi connectivity index (χ2n) is 6.64. The smallest absolute Gasteiger partial charge is 0.293 e. The normalized spacial score (nSPS) is 11.8. The van der Waals surface area contributed by atoms with Gasteiger partial charge in [-0.15, -0.1) is 4.91 Å². The summed E-state index contributed by atoms with van der Waals surface area (Å²) in [5.74, 6) is 6.47. The minimum absolute atomic E-state index is 0.138. The third-order valence-electron chi connectivity index (χ3n) is 4.92. The standard InChI is InChI=1S/C22H17N5O3/c23-26(18-10-4-5-11-19(18)27(29)30)22(16-7-2-1-3-8-16)17-13-12-15-9-6-14-24-20(15)21(17)25-28/h1-14,22H,23H2. The number of benzene rings is 3. The van der Waals surface area contributed by atoms with Gasteiger partial charge in [0.1, 0.15) is 11.4 Å². The van der Waals surface area contributed by atoms with E-state index in [9.17, 15) is 15.0 Å². The van der Waals surface area contributed by atoms with Crippen LogP contribution in [0.1, 0.15) is 17.2 Å². The zero-order valence-corrected chi connectivity index (χ0v) is 15.8. The molecule has 0 spiro atoms. The van der Waals surface area contributed by atoms with Crippen LogP contribution < -0.4 is 10.9 Å². The number of nitrogens with zero attached hydrogens (tertiary/aromatic N) is 4. The van der Waals surface area contributed by atoms with Gasteiger partial charge in [0.2, 0.25) is 0 Å². The molecule has 1 unspecified atom stereocenters. The second kappa shape index (κ2) is 8.06. The molecule has 8 nitrogen and oxygen atoms in total. The summed E-state index contributed by atoms with van der Waals surface area (Å²) in [7, 11) is 0. The number of nitro groups is 1. The summed E-state index contributed by atoms with van der Waals surface area (Å²) in [5, 5.41) is 16.9. The van der Waals surface area contributed by atoms with Crippen molar-refractivity contribution in [2.24, 2.45) is 11.0 Å². The van der Waals surface area contributed by atoms with E-state index in [1.807, 2.05) is 42.5 Å². The largest absolute Gasteiger partial charge is 0.293 e. The van der Waals surface area contributed by atoms with Crippen LogP contribution in [-0.2, 0) is 0 Å². The molecule has 0 radical (unpaired) electrons. The number of fused-ring (bicyclic) bond motifs is 1. The Balaban J connectivity index is 1.97. The zero-order valence-electron chi connectivity index (χ0n) is 15.8. The molecule has 8 heteroatoms. The number of hydrogen-bond donors (Lipinski definition) is 1. The van der Waals surface area contributed by atoms with Crippen LogP contribution in [0, 0.1) is 15.0 Å². The molecule has 0 fully saturated rings. The number of hydrazine groups is 1. The van der Waals surface area contributed by atoms with Gasteiger partial charge in [-0.25, -0.2) is 5.84 Å². The molecule has 4 rings (SSSR count). The average molecular weight is 399 g/mol. The average Bonchev–Trinajstić information content (AvgIpc) is 2.79. The Bertz CT molecular complexity index is 1230. The highest BCUT2D eigenvalue weighted by atomic mass is 16.6. The summed E-state index contributed by atoms with van der Waals surface area (Å²) in [6.07, 6.45) is 1.58. The zero-order chi connectivity index (χ0) is 21.1. The SMILES string of the molecule is NN(c1ccccc1[N+](=O)[O-])C(c1ccccc1)c1ccc2cccnc2c1N=O. The maximum atomic E-state index is 11.9. The van der Waals surface area contributed by atoms with Gasteiger partial charge in [-0.3, -0.25) is 20.1 Å². The lowest BCUT2D eigenvalue weighted by molar-refractivity contribution is -0.384. The Labute approximate surface area is 171 Å². The van der Waals surface area contributed by atoms with E-state index in [0.717, 1.165) is 10.9 Å². The number of para-hydroxylation sites is 2. The minimum Gasteiger partial charge on any atom is -0.293 e. The van der Waals surface area contributed by atoms with Crippen molar-refractivity contribution in [3.63, 3.8) is 0 Å².